The Morgan fingerprint density at radius 3 is 2.57 bits per heavy atom. The highest BCUT2D eigenvalue weighted by Crippen LogP contribution is 2.29. The topological polar surface area (TPSA) is 73.9 Å². The van der Waals surface area contributed by atoms with Crippen molar-refractivity contribution in [2.75, 3.05) is 19.0 Å². The van der Waals surface area contributed by atoms with Gasteiger partial charge in [0, 0.05) is 0 Å². The Labute approximate surface area is 169 Å². The predicted molar refractivity (Wildman–Crippen MR) is 108 cm³/mol. The van der Waals surface area contributed by atoms with Crippen LogP contribution in [0.5, 0.6) is 11.5 Å². The molecule has 28 heavy (non-hydrogen) atoms. The molecule has 0 aliphatic carbocycles. The summed E-state index contributed by atoms with van der Waals surface area (Å²) in [4.78, 5) is 24.7. The second-order valence-electron chi connectivity index (χ2n) is 6.08. The first kappa shape index (κ1) is 21.6. The lowest BCUT2D eigenvalue weighted by molar-refractivity contribution is -0.123. The van der Waals surface area contributed by atoms with Crippen molar-refractivity contribution in [3.63, 3.8) is 0 Å². The molecule has 2 aromatic rings. The third-order valence-electron chi connectivity index (χ3n) is 3.94. The van der Waals surface area contributed by atoms with E-state index in [9.17, 15) is 9.59 Å². The summed E-state index contributed by atoms with van der Waals surface area (Å²) in [6.07, 6.45) is 0.932. The number of rotatable bonds is 9. The third-order valence-corrected chi connectivity index (χ3v) is 4.27. The number of halogens is 1. The lowest BCUT2D eigenvalue weighted by Gasteiger charge is -2.15. The van der Waals surface area contributed by atoms with Crippen molar-refractivity contribution in [2.24, 2.45) is 0 Å². The zero-order valence-corrected chi connectivity index (χ0v) is 16.9. The number of esters is 1. The molecule has 1 atom stereocenters. The third kappa shape index (κ3) is 5.89. The van der Waals surface area contributed by atoms with Gasteiger partial charge >= 0.3 is 5.97 Å². The normalized spacial score (nSPS) is 11.4. The largest absolute Gasteiger partial charge is 0.493 e. The molecule has 6 nitrogen and oxygen atoms in total. The highest BCUT2D eigenvalue weighted by Gasteiger charge is 2.21. The van der Waals surface area contributed by atoms with Gasteiger partial charge < -0.3 is 19.5 Å². The molecule has 0 heterocycles. The summed E-state index contributed by atoms with van der Waals surface area (Å²) in [6.45, 7) is 4.13. The van der Waals surface area contributed by atoms with E-state index >= 15 is 0 Å². The quantitative estimate of drug-likeness (QED) is 0.483. The molecule has 2 aromatic carbocycles. The summed E-state index contributed by atoms with van der Waals surface area (Å²) in [7, 11) is 1.50. The fourth-order valence-corrected chi connectivity index (χ4v) is 2.50. The fourth-order valence-electron chi connectivity index (χ4n) is 2.32. The van der Waals surface area contributed by atoms with Crippen LogP contribution in [0.25, 0.3) is 0 Å². The van der Waals surface area contributed by atoms with Crippen LogP contribution >= 0.6 is 11.6 Å². The van der Waals surface area contributed by atoms with E-state index in [1.165, 1.54) is 20.1 Å². The van der Waals surface area contributed by atoms with Gasteiger partial charge in [0.1, 0.15) is 0 Å². The molecule has 1 amide bonds. The summed E-state index contributed by atoms with van der Waals surface area (Å²) >= 11 is 6.02. The predicted octanol–water partition coefficient (Wildman–Crippen LogP) is 4.71. The first-order chi connectivity index (χ1) is 13.5. The lowest BCUT2D eigenvalue weighted by Crippen LogP contribution is -2.30. The van der Waals surface area contributed by atoms with E-state index in [1.54, 1.807) is 36.4 Å². The maximum absolute atomic E-state index is 12.4. The minimum Gasteiger partial charge on any atom is -0.493 e. The molecule has 150 valence electrons. The monoisotopic (exact) mass is 405 g/mol. The fraction of sp³-hybridized carbons (Fsp3) is 0.333. The Kier molecular flexibility index (Phi) is 8.14. The van der Waals surface area contributed by atoms with E-state index in [-0.39, 0.29) is 5.56 Å². The summed E-state index contributed by atoms with van der Waals surface area (Å²) in [5.74, 6) is -0.135. The molecule has 0 saturated heterocycles. The number of carbonyl (C=O) groups is 2. The van der Waals surface area contributed by atoms with Crippen molar-refractivity contribution in [3.05, 3.63) is 53.1 Å². The number of unbranched alkanes of at least 4 members (excludes halogenated alkanes) is 1. The SMILES string of the molecule is CCCCOc1ccc(C(=O)OC(C)C(=O)Nc2ccccc2Cl)cc1OC. The Morgan fingerprint density at radius 1 is 1.14 bits per heavy atom. The number of carbonyl (C=O) groups excluding carboxylic acids is 2. The van der Waals surface area contributed by atoms with Crippen LogP contribution in [0, 0.1) is 0 Å². The second kappa shape index (κ2) is 10.6. The van der Waals surface area contributed by atoms with Crippen molar-refractivity contribution in [1.29, 1.82) is 0 Å². The van der Waals surface area contributed by atoms with Gasteiger partial charge in [0.25, 0.3) is 5.91 Å². The van der Waals surface area contributed by atoms with E-state index in [2.05, 4.69) is 12.2 Å². The van der Waals surface area contributed by atoms with E-state index in [0.29, 0.717) is 28.8 Å². The van der Waals surface area contributed by atoms with Crippen molar-refractivity contribution < 1.29 is 23.8 Å². The van der Waals surface area contributed by atoms with E-state index in [4.69, 9.17) is 25.8 Å². The smallest absolute Gasteiger partial charge is 0.339 e. The van der Waals surface area contributed by atoms with Gasteiger partial charge in [0.05, 0.1) is 30.0 Å². The van der Waals surface area contributed by atoms with Crippen molar-refractivity contribution in [3.8, 4) is 11.5 Å². The summed E-state index contributed by atoms with van der Waals surface area (Å²) in [6, 6.07) is 11.6. The van der Waals surface area contributed by atoms with Crippen LogP contribution in [-0.2, 0) is 9.53 Å². The summed E-state index contributed by atoms with van der Waals surface area (Å²) in [5, 5.41) is 3.04. The summed E-state index contributed by atoms with van der Waals surface area (Å²) in [5.41, 5.74) is 0.712. The van der Waals surface area contributed by atoms with E-state index in [1.807, 2.05) is 0 Å². The van der Waals surface area contributed by atoms with Crippen LogP contribution < -0.4 is 14.8 Å². The van der Waals surface area contributed by atoms with Crippen LogP contribution in [0.15, 0.2) is 42.5 Å². The molecule has 2 rings (SSSR count). The number of methoxy groups -OCH3 is 1. The van der Waals surface area contributed by atoms with Crippen molar-refractivity contribution in [2.45, 2.75) is 32.8 Å². The van der Waals surface area contributed by atoms with Crippen molar-refractivity contribution in [1.82, 2.24) is 0 Å². The Hall–Kier alpha value is -2.73. The first-order valence-electron chi connectivity index (χ1n) is 9.03. The van der Waals surface area contributed by atoms with Crippen LogP contribution in [0.2, 0.25) is 5.02 Å². The van der Waals surface area contributed by atoms with Gasteiger partial charge in [-0.1, -0.05) is 37.1 Å². The molecule has 1 N–H and O–H groups in total. The number of hydrogen-bond acceptors (Lipinski definition) is 5. The molecule has 0 radical (unpaired) electrons. The average molecular weight is 406 g/mol. The molecule has 1 unspecified atom stereocenters. The lowest BCUT2D eigenvalue weighted by atomic mass is 10.2. The first-order valence-corrected chi connectivity index (χ1v) is 9.41. The van der Waals surface area contributed by atoms with Gasteiger partial charge in [-0.3, -0.25) is 4.79 Å². The standard InChI is InChI=1S/C21H24ClNO5/c1-4-5-12-27-18-11-10-15(13-19(18)26-3)21(25)28-14(2)20(24)23-17-9-7-6-8-16(17)22/h6-11,13-14H,4-5,12H2,1-3H3,(H,23,24). The molecule has 0 aliphatic heterocycles. The molecule has 0 aliphatic rings. The Morgan fingerprint density at radius 2 is 1.89 bits per heavy atom. The molecule has 0 saturated carbocycles. The molecule has 7 heteroatoms. The highest BCUT2D eigenvalue weighted by molar-refractivity contribution is 6.33. The minimum atomic E-state index is -1.00. The number of amides is 1. The van der Waals surface area contributed by atoms with E-state index in [0.717, 1.165) is 12.8 Å². The maximum atomic E-state index is 12.4. The Balaban J connectivity index is 2.01. The van der Waals surface area contributed by atoms with Gasteiger partial charge in [0.15, 0.2) is 17.6 Å². The van der Waals surface area contributed by atoms with Crippen LogP contribution in [-0.4, -0.2) is 31.7 Å². The zero-order valence-electron chi connectivity index (χ0n) is 16.2. The van der Waals surface area contributed by atoms with Crippen LogP contribution in [0.4, 0.5) is 5.69 Å². The number of nitrogens with one attached hydrogen (secondary N) is 1. The average Bonchev–Trinajstić information content (AvgIpc) is 2.69. The molecule has 0 spiro atoms. The van der Waals surface area contributed by atoms with Gasteiger partial charge in [-0.05, 0) is 43.7 Å². The zero-order chi connectivity index (χ0) is 20.5. The minimum absolute atomic E-state index is 0.261. The van der Waals surface area contributed by atoms with E-state index < -0.39 is 18.0 Å². The molecule has 0 aromatic heterocycles. The van der Waals surface area contributed by atoms with Gasteiger partial charge in [-0.15, -0.1) is 0 Å². The van der Waals surface area contributed by atoms with Crippen LogP contribution in [0.1, 0.15) is 37.0 Å². The number of anilines is 1. The molecule has 0 fully saturated rings. The van der Waals surface area contributed by atoms with Gasteiger partial charge in [-0.2, -0.15) is 0 Å². The van der Waals surface area contributed by atoms with Crippen molar-refractivity contribution >= 4 is 29.2 Å². The Bertz CT molecular complexity index is 824. The number of para-hydroxylation sites is 1. The van der Waals surface area contributed by atoms with Gasteiger partial charge in [0.2, 0.25) is 0 Å². The van der Waals surface area contributed by atoms with Crippen LogP contribution in [0.3, 0.4) is 0 Å². The number of ether oxygens (including phenoxy) is 3. The molecular weight excluding hydrogens is 382 g/mol. The summed E-state index contributed by atoms with van der Waals surface area (Å²) < 4.78 is 16.2. The second-order valence-corrected chi connectivity index (χ2v) is 6.49. The highest BCUT2D eigenvalue weighted by atomic mass is 35.5. The van der Waals surface area contributed by atoms with Gasteiger partial charge in [-0.25, -0.2) is 4.79 Å². The number of benzene rings is 2. The number of hydrogen-bond donors (Lipinski definition) is 1. The maximum Gasteiger partial charge on any atom is 0.339 e. The molecule has 0 bridgehead atoms. The molecular formula is C21H24ClNO5.